The third-order valence-electron chi connectivity index (χ3n) is 8.33. The largest absolute Gasteiger partial charge is 0.497 e. The molecule has 5 heteroatoms. The van der Waals surface area contributed by atoms with Gasteiger partial charge in [-0.15, -0.1) is 11.3 Å². The van der Waals surface area contributed by atoms with Gasteiger partial charge in [0.05, 0.1) is 7.11 Å². The maximum absolute atomic E-state index is 14.0. The first-order valence-electron chi connectivity index (χ1n) is 14.4. The summed E-state index contributed by atoms with van der Waals surface area (Å²) in [7, 11) is 1.68. The van der Waals surface area contributed by atoms with Gasteiger partial charge in [0.15, 0.2) is 5.78 Å². The van der Waals surface area contributed by atoms with Crippen LogP contribution in [-0.4, -0.2) is 44.0 Å². The molecule has 1 aliphatic heterocycles. The summed E-state index contributed by atoms with van der Waals surface area (Å²) in [6, 6.07) is 22.5. The summed E-state index contributed by atoms with van der Waals surface area (Å²) in [5.74, 6) is 2.53. The zero-order valence-corrected chi connectivity index (χ0v) is 23.6. The molecule has 0 amide bonds. The second-order valence-electron chi connectivity index (χ2n) is 11.0. The number of likely N-dealkylation sites (tertiary alicyclic amines) is 1. The minimum Gasteiger partial charge on any atom is -0.497 e. The number of nitrogens with zero attached hydrogens (tertiary/aromatic N) is 1. The number of methoxy groups -OCH3 is 1. The lowest BCUT2D eigenvalue weighted by Gasteiger charge is -2.15. The number of ketones is 1. The van der Waals surface area contributed by atoms with E-state index >= 15 is 0 Å². The van der Waals surface area contributed by atoms with E-state index in [9.17, 15) is 4.79 Å². The first kappa shape index (κ1) is 26.1. The van der Waals surface area contributed by atoms with E-state index in [1.165, 1.54) is 57.2 Å². The van der Waals surface area contributed by atoms with Crippen molar-refractivity contribution in [3.63, 3.8) is 0 Å². The highest BCUT2D eigenvalue weighted by atomic mass is 32.1. The molecular weight excluding hydrogens is 502 g/mol. The molecule has 6 rings (SSSR count). The van der Waals surface area contributed by atoms with Crippen LogP contribution in [0.3, 0.4) is 0 Å². The molecule has 0 unspecified atom stereocenters. The van der Waals surface area contributed by atoms with Crippen molar-refractivity contribution < 1.29 is 14.3 Å². The lowest BCUT2D eigenvalue weighted by Crippen LogP contribution is -2.25. The van der Waals surface area contributed by atoms with Gasteiger partial charge in [0.2, 0.25) is 0 Å². The molecule has 0 bridgehead atoms. The Bertz CT molecular complexity index is 1410. The van der Waals surface area contributed by atoms with Crippen molar-refractivity contribution in [3.8, 4) is 21.9 Å². The Morgan fingerprint density at radius 3 is 2.33 bits per heavy atom. The summed E-state index contributed by atoms with van der Waals surface area (Å²) < 4.78 is 12.6. The average Bonchev–Trinajstić information content (AvgIpc) is 3.75. The monoisotopic (exact) mass is 539 g/mol. The van der Waals surface area contributed by atoms with Crippen LogP contribution in [0, 0.1) is 5.92 Å². The number of ether oxygens (including phenoxy) is 2. The fraction of sp³-hybridized carbons (Fsp3) is 0.382. The summed E-state index contributed by atoms with van der Waals surface area (Å²) in [5, 5.41) is 0.974. The van der Waals surface area contributed by atoms with Gasteiger partial charge in [-0.3, -0.25) is 9.69 Å². The first-order chi connectivity index (χ1) is 19.2. The third-order valence-corrected chi connectivity index (χ3v) is 9.53. The number of benzene rings is 3. The Morgan fingerprint density at radius 1 is 0.897 bits per heavy atom. The molecule has 0 N–H and O–H groups in total. The van der Waals surface area contributed by atoms with Crippen LogP contribution in [0.2, 0.25) is 0 Å². The number of hydrogen-bond acceptors (Lipinski definition) is 5. The van der Waals surface area contributed by atoms with E-state index in [1.54, 1.807) is 18.4 Å². The average molecular weight is 540 g/mol. The van der Waals surface area contributed by atoms with Gasteiger partial charge in [-0.05, 0) is 91.9 Å². The molecule has 0 spiro atoms. The van der Waals surface area contributed by atoms with Crippen molar-refractivity contribution in [2.45, 2.75) is 44.9 Å². The number of rotatable bonds is 10. The highest BCUT2D eigenvalue weighted by Gasteiger charge is 2.23. The van der Waals surface area contributed by atoms with Gasteiger partial charge < -0.3 is 9.47 Å². The summed E-state index contributed by atoms with van der Waals surface area (Å²) >= 11 is 1.65. The van der Waals surface area contributed by atoms with E-state index in [4.69, 9.17) is 9.47 Å². The molecule has 2 fully saturated rings. The molecule has 4 aromatic rings. The van der Waals surface area contributed by atoms with Crippen molar-refractivity contribution >= 4 is 27.2 Å². The zero-order valence-electron chi connectivity index (χ0n) is 22.8. The topological polar surface area (TPSA) is 38.8 Å². The van der Waals surface area contributed by atoms with Crippen LogP contribution in [0.25, 0.3) is 20.5 Å². The lowest BCUT2D eigenvalue weighted by molar-refractivity contribution is 0.104. The number of thiophene rings is 1. The number of carbonyl (C=O) groups excluding carboxylic acids is 1. The first-order valence-corrected chi connectivity index (χ1v) is 15.2. The summed E-state index contributed by atoms with van der Waals surface area (Å²) in [4.78, 5) is 17.5. The van der Waals surface area contributed by atoms with E-state index in [-0.39, 0.29) is 5.78 Å². The number of fused-ring (bicyclic) bond motifs is 1. The predicted octanol–water partition coefficient (Wildman–Crippen LogP) is 8.02. The smallest absolute Gasteiger partial charge is 0.195 e. The highest BCUT2D eigenvalue weighted by Crippen LogP contribution is 2.41. The van der Waals surface area contributed by atoms with Crippen molar-refractivity contribution in [3.05, 3.63) is 83.4 Å². The minimum atomic E-state index is 0.0692. The van der Waals surface area contributed by atoms with Gasteiger partial charge in [0.25, 0.3) is 0 Å². The van der Waals surface area contributed by atoms with E-state index in [0.717, 1.165) is 62.0 Å². The fourth-order valence-electron chi connectivity index (χ4n) is 6.12. The van der Waals surface area contributed by atoms with Crippen LogP contribution >= 0.6 is 11.3 Å². The van der Waals surface area contributed by atoms with E-state index in [2.05, 4.69) is 29.2 Å². The Morgan fingerprint density at radius 2 is 1.62 bits per heavy atom. The van der Waals surface area contributed by atoms with E-state index in [0.29, 0.717) is 6.61 Å². The van der Waals surface area contributed by atoms with E-state index < -0.39 is 0 Å². The SMILES string of the molecule is COc1ccc2c(C(=O)c3ccc(CC4CCCC4)cc3)c(-c3ccc(OCCN4CCCC4)cc3)sc2c1. The molecule has 2 heterocycles. The van der Waals surface area contributed by atoms with Gasteiger partial charge in [-0.2, -0.15) is 0 Å². The maximum Gasteiger partial charge on any atom is 0.195 e. The van der Waals surface area contributed by atoms with Crippen LogP contribution in [0.5, 0.6) is 11.5 Å². The van der Waals surface area contributed by atoms with Crippen molar-refractivity contribution in [1.82, 2.24) is 4.90 Å². The Labute approximate surface area is 235 Å². The lowest BCUT2D eigenvalue weighted by atomic mass is 9.94. The van der Waals surface area contributed by atoms with Gasteiger partial charge in [-0.1, -0.05) is 49.9 Å². The van der Waals surface area contributed by atoms with Gasteiger partial charge in [0, 0.05) is 32.6 Å². The molecule has 0 atom stereocenters. The second-order valence-corrected chi connectivity index (χ2v) is 12.0. The quantitative estimate of drug-likeness (QED) is 0.191. The molecule has 1 saturated carbocycles. The Hall–Kier alpha value is -3.15. The standard InChI is InChI=1S/C34H37NO3S/c1-37-29-16-17-30-31(23-29)39-34(27-12-14-28(15-13-27)38-21-20-35-18-4-5-19-35)32(30)33(36)26-10-8-25(9-11-26)22-24-6-2-3-7-24/h8-17,23-24H,2-7,18-22H2,1H3. The maximum atomic E-state index is 14.0. The molecule has 202 valence electrons. The summed E-state index contributed by atoms with van der Waals surface area (Å²) in [5.41, 5.74) is 3.87. The van der Waals surface area contributed by atoms with Gasteiger partial charge in [0.1, 0.15) is 18.1 Å². The van der Waals surface area contributed by atoms with Gasteiger partial charge >= 0.3 is 0 Å². The second kappa shape index (κ2) is 11.9. The molecule has 1 aromatic heterocycles. The Kier molecular flexibility index (Phi) is 7.98. The van der Waals surface area contributed by atoms with Crippen molar-refractivity contribution in [1.29, 1.82) is 0 Å². The van der Waals surface area contributed by atoms with Crippen LogP contribution in [0.4, 0.5) is 0 Å². The van der Waals surface area contributed by atoms with Crippen LogP contribution in [0.1, 0.15) is 60.0 Å². The number of carbonyl (C=O) groups is 1. The summed E-state index contributed by atoms with van der Waals surface area (Å²) in [6.45, 7) is 4.03. The molecule has 1 saturated heterocycles. The van der Waals surface area contributed by atoms with Gasteiger partial charge in [-0.25, -0.2) is 0 Å². The molecule has 39 heavy (non-hydrogen) atoms. The van der Waals surface area contributed by atoms with Crippen molar-refractivity contribution in [2.75, 3.05) is 33.4 Å². The molecule has 1 aliphatic carbocycles. The highest BCUT2D eigenvalue weighted by molar-refractivity contribution is 7.22. The Balaban J connectivity index is 1.26. The molecule has 4 nitrogen and oxygen atoms in total. The third kappa shape index (κ3) is 5.90. The summed E-state index contributed by atoms with van der Waals surface area (Å²) in [6.07, 6.45) is 9.07. The van der Waals surface area contributed by atoms with Crippen LogP contribution < -0.4 is 9.47 Å². The zero-order chi connectivity index (χ0) is 26.6. The predicted molar refractivity (Wildman–Crippen MR) is 161 cm³/mol. The fourth-order valence-corrected chi connectivity index (χ4v) is 7.35. The number of hydrogen-bond donors (Lipinski definition) is 0. The van der Waals surface area contributed by atoms with Crippen LogP contribution in [0.15, 0.2) is 66.7 Å². The molecular formula is C34H37NO3S. The molecule has 2 aliphatic rings. The minimum absolute atomic E-state index is 0.0692. The van der Waals surface area contributed by atoms with Crippen LogP contribution in [-0.2, 0) is 6.42 Å². The molecule has 0 radical (unpaired) electrons. The van der Waals surface area contributed by atoms with Crippen molar-refractivity contribution in [2.24, 2.45) is 5.92 Å². The normalized spacial score (nSPS) is 16.2. The molecule has 3 aromatic carbocycles. The van der Waals surface area contributed by atoms with E-state index in [1.807, 2.05) is 42.5 Å².